The summed E-state index contributed by atoms with van der Waals surface area (Å²) >= 11 is 0. The lowest BCUT2D eigenvalue weighted by Crippen LogP contribution is -2.21. The van der Waals surface area contributed by atoms with Crippen molar-refractivity contribution in [2.45, 2.75) is 38.7 Å². The summed E-state index contributed by atoms with van der Waals surface area (Å²) in [6.07, 6.45) is 3.70. The third-order valence-electron chi connectivity index (χ3n) is 3.60. The molecular weight excluding hydrogens is 240 g/mol. The fourth-order valence-electron chi connectivity index (χ4n) is 2.26. The fourth-order valence-corrected chi connectivity index (χ4v) is 2.26. The predicted molar refractivity (Wildman–Crippen MR) is 75.5 cm³/mol. The first kappa shape index (κ1) is 14.4. The lowest BCUT2D eigenvalue weighted by atomic mass is 10.0. The molecule has 1 aliphatic rings. The van der Waals surface area contributed by atoms with Gasteiger partial charge in [-0.2, -0.15) is 0 Å². The van der Waals surface area contributed by atoms with Crippen LogP contribution in [-0.2, 0) is 11.2 Å². The van der Waals surface area contributed by atoms with E-state index in [4.69, 9.17) is 9.47 Å². The number of hydrogen-bond donors (Lipinski definition) is 1. The number of aliphatic hydroxyl groups excluding tert-OH is 1. The Labute approximate surface area is 115 Å². The Balaban J connectivity index is 1.74. The molecule has 0 saturated carbocycles. The van der Waals surface area contributed by atoms with Gasteiger partial charge >= 0.3 is 0 Å². The maximum absolute atomic E-state index is 9.26. The van der Waals surface area contributed by atoms with Crippen molar-refractivity contribution in [1.82, 2.24) is 0 Å². The summed E-state index contributed by atoms with van der Waals surface area (Å²) in [5.41, 5.74) is 1.25. The molecule has 3 heteroatoms. The van der Waals surface area contributed by atoms with Crippen molar-refractivity contribution in [2.24, 2.45) is 5.92 Å². The lowest BCUT2D eigenvalue weighted by molar-refractivity contribution is 0.0497. The van der Waals surface area contributed by atoms with Gasteiger partial charge in [0.2, 0.25) is 0 Å². The van der Waals surface area contributed by atoms with Gasteiger partial charge in [-0.15, -0.1) is 0 Å². The molecule has 0 amide bonds. The van der Waals surface area contributed by atoms with Crippen LogP contribution >= 0.6 is 0 Å². The molecule has 1 aromatic rings. The number of hydrogen-bond acceptors (Lipinski definition) is 3. The van der Waals surface area contributed by atoms with Gasteiger partial charge in [-0.05, 0) is 56.2 Å². The van der Waals surface area contributed by atoms with Gasteiger partial charge < -0.3 is 14.6 Å². The zero-order chi connectivity index (χ0) is 13.5. The summed E-state index contributed by atoms with van der Waals surface area (Å²) in [7, 11) is 0. The molecule has 0 bridgehead atoms. The van der Waals surface area contributed by atoms with Crippen LogP contribution < -0.4 is 4.74 Å². The average molecular weight is 264 g/mol. The van der Waals surface area contributed by atoms with Crippen molar-refractivity contribution in [3.63, 3.8) is 0 Å². The number of aryl methyl sites for hydroxylation is 1. The van der Waals surface area contributed by atoms with E-state index < -0.39 is 0 Å². The van der Waals surface area contributed by atoms with Crippen LogP contribution in [0, 0.1) is 5.92 Å². The first-order valence-electron chi connectivity index (χ1n) is 7.21. The van der Waals surface area contributed by atoms with Crippen molar-refractivity contribution < 1.29 is 14.6 Å². The highest BCUT2D eigenvalue weighted by molar-refractivity contribution is 5.27. The van der Waals surface area contributed by atoms with Crippen molar-refractivity contribution in [3.05, 3.63) is 29.8 Å². The van der Waals surface area contributed by atoms with Crippen LogP contribution in [0.2, 0.25) is 0 Å². The van der Waals surface area contributed by atoms with Crippen LogP contribution in [0.5, 0.6) is 5.75 Å². The molecule has 1 unspecified atom stereocenters. The summed E-state index contributed by atoms with van der Waals surface area (Å²) in [4.78, 5) is 0. The molecule has 0 radical (unpaired) electrons. The van der Waals surface area contributed by atoms with Crippen molar-refractivity contribution in [1.29, 1.82) is 0 Å². The summed E-state index contributed by atoms with van der Waals surface area (Å²) in [6, 6.07) is 8.22. The van der Waals surface area contributed by atoms with Crippen LogP contribution in [0.15, 0.2) is 24.3 Å². The minimum Gasteiger partial charge on any atom is -0.493 e. The monoisotopic (exact) mass is 264 g/mol. The van der Waals surface area contributed by atoms with E-state index in [1.807, 2.05) is 19.1 Å². The number of benzene rings is 1. The maximum Gasteiger partial charge on any atom is 0.119 e. The van der Waals surface area contributed by atoms with Crippen LogP contribution in [0.4, 0.5) is 0 Å². The average Bonchev–Trinajstić information content (AvgIpc) is 2.45. The zero-order valence-corrected chi connectivity index (χ0v) is 11.7. The van der Waals surface area contributed by atoms with E-state index in [0.29, 0.717) is 5.92 Å². The molecule has 2 rings (SSSR count). The van der Waals surface area contributed by atoms with E-state index in [-0.39, 0.29) is 6.10 Å². The summed E-state index contributed by atoms with van der Waals surface area (Å²) in [5.74, 6) is 1.57. The standard InChI is InChI=1S/C16H24O3/c1-13(17)2-3-14-4-6-16(7-5-14)19-12-15-8-10-18-11-9-15/h4-7,13,15,17H,2-3,8-12H2,1H3. The second-order valence-electron chi connectivity index (χ2n) is 5.40. The zero-order valence-electron chi connectivity index (χ0n) is 11.7. The van der Waals surface area contributed by atoms with Gasteiger partial charge in [-0.25, -0.2) is 0 Å². The topological polar surface area (TPSA) is 38.7 Å². The van der Waals surface area contributed by atoms with Gasteiger partial charge in [0.05, 0.1) is 12.7 Å². The molecule has 1 heterocycles. The molecule has 3 nitrogen and oxygen atoms in total. The summed E-state index contributed by atoms with van der Waals surface area (Å²) in [5, 5.41) is 9.26. The summed E-state index contributed by atoms with van der Waals surface area (Å²) in [6.45, 7) is 4.35. The summed E-state index contributed by atoms with van der Waals surface area (Å²) < 4.78 is 11.2. The molecule has 0 spiro atoms. The normalized spacial score (nSPS) is 18.2. The smallest absolute Gasteiger partial charge is 0.119 e. The molecular formula is C16H24O3. The molecule has 106 valence electrons. The molecule has 0 aliphatic carbocycles. The third-order valence-corrected chi connectivity index (χ3v) is 3.60. The van der Waals surface area contributed by atoms with Gasteiger partial charge in [-0.3, -0.25) is 0 Å². The highest BCUT2D eigenvalue weighted by atomic mass is 16.5. The second-order valence-corrected chi connectivity index (χ2v) is 5.40. The van der Waals surface area contributed by atoms with Gasteiger partial charge in [-0.1, -0.05) is 12.1 Å². The highest BCUT2D eigenvalue weighted by Gasteiger charge is 2.14. The van der Waals surface area contributed by atoms with Crippen molar-refractivity contribution in [2.75, 3.05) is 19.8 Å². The van der Waals surface area contributed by atoms with E-state index >= 15 is 0 Å². The third kappa shape index (κ3) is 5.21. The van der Waals surface area contributed by atoms with Gasteiger partial charge in [0.1, 0.15) is 5.75 Å². The Morgan fingerprint density at radius 3 is 2.58 bits per heavy atom. The predicted octanol–water partition coefficient (Wildman–Crippen LogP) is 2.81. The van der Waals surface area contributed by atoms with Crippen molar-refractivity contribution in [3.8, 4) is 5.75 Å². The Bertz CT molecular complexity index is 353. The van der Waals surface area contributed by atoms with E-state index in [9.17, 15) is 5.11 Å². The molecule has 19 heavy (non-hydrogen) atoms. The van der Waals surface area contributed by atoms with E-state index in [1.165, 1.54) is 5.56 Å². The molecule has 1 N–H and O–H groups in total. The first-order chi connectivity index (χ1) is 9.24. The molecule has 1 saturated heterocycles. The highest BCUT2D eigenvalue weighted by Crippen LogP contribution is 2.18. The minimum atomic E-state index is -0.232. The molecule has 1 aliphatic heterocycles. The van der Waals surface area contributed by atoms with Crippen LogP contribution in [0.3, 0.4) is 0 Å². The first-order valence-corrected chi connectivity index (χ1v) is 7.21. The van der Waals surface area contributed by atoms with E-state index in [0.717, 1.165) is 51.3 Å². The van der Waals surface area contributed by atoms with Gasteiger partial charge in [0, 0.05) is 13.2 Å². The Morgan fingerprint density at radius 2 is 1.95 bits per heavy atom. The largest absolute Gasteiger partial charge is 0.493 e. The SMILES string of the molecule is CC(O)CCc1ccc(OCC2CCOCC2)cc1. The van der Waals surface area contributed by atoms with E-state index in [1.54, 1.807) is 0 Å². The second kappa shape index (κ2) is 7.51. The van der Waals surface area contributed by atoms with Crippen molar-refractivity contribution >= 4 is 0 Å². The molecule has 1 atom stereocenters. The number of aliphatic hydroxyl groups is 1. The molecule has 0 aromatic heterocycles. The number of ether oxygens (including phenoxy) is 2. The fraction of sp³-hybridized carbons (Fsp3) is 0.625. The van der Waals surface area contributed by atoms with Gasteiger partial charge in [0.25, 0.3) is 0 Å². The lowest BCUT2D eigenvalue weighted by Gasteiger charge is -2.22. The van der Waals surface area contributed by atoms with Gasteiger partial charge in [0.15, 0.2) is 0 Å². The maximum atomic E-state index is 9.26. The minimum absolute atomic E-state index is 0.232. The Morgan fingerprint density at radius 1 is 1.26 bits per heavy atom. The van der Waals surface area contributed by atoms with E-state index in [2.05, 4.69) is 12.1 Å². The van der Waals surface area contributed by atoms with Crippen LogP contribution in [-0.4, -0.2) is 31.0 Å². The van der Waals surface area contributed by atoms with Crippen LogP contribution in [0.25, 0.3) is 0 Å². The molecule has 1 fully saturated rings. The Kier molecular flexibility index (Phi) is 5.67. The quantitative estimate of drug-likeness (QED) is 0.858. The Hall–Kier alpha value is -1.06. The molecule has 1 aromatic carbocycles. The van der Waals surface area contributed by atoms with Crippen LogP contribution in [0.1, 0.15) is 31.7 Å². The number of rotatable bonds is 6.